The number of H-pyrrole nitrogens is 1. The zero-order valence-electron chi connectivity index (χ0n) is 16.2. The van der Waals surface area contributed by atoms with Crippen LogP contribution in [0.3, 0.4) is 0 Å². The lowest BCUT2D eigenvalue weighted by Crippen LogP contribution is -2.35. The van der Waals surface area contributed by atoms with Gasteiger partial charge in [0, 0.05) is 48.3 Å². The third-order valence-electron chi connectivity index (χ3n) is 5.48. The molecule has 1 aliphatic rings. The highest BCUT2D eigenvalue weighted by atomic mass is 35.5. The molecular weight excluding hydrogens is 398 g/mol. The van der Waals surface area contributed by atoms with Gasteiger partial charge in [0.05, 0.1) is 16.8 Å². The third-order valence-corrected chi connectivity index (χ3v) is 5.80. The lowest BCUT2D eigenvalue weighted by molar-refractivity contribution is 0.242. The lowest BCUT2D eigenvalue weighted by atomic mass is 10.1. The zero-order chi connectivity index (χ0) is 20.7. The molecule has 0 fully saturated rings. The SMILES string of the molecule is Nc1ccc(-c2nc3c(c(=O)[nH]2)CN(Cc2cc4ccccc4nc2Cl)CC3)cc1. The first kappa shape index (κ1) is 18.8. The number of fused-ring (bicyclic) bond motifs is 2. The smallest absolute Gasteiger partial charge is 0.255 e. The number of nitrogen functional groups attached to an aromatic ring is 1. The van der Waals surface area contributed by atoms with Gasteiger partial charge in [-0.3, -0.25) is 9.69 Å². The molecule has 3 heterocycles. The Morgan fingerprint density at radius 1 is 1.10 bits per heavy atom. The van der Waals surface area contributed by atoms with Gasteiger partial charge in [-0.1, -0.05) is 29.8 Å². The Bertz CT molecular complexity index is 1300. The summed E-state index contributed by atoms with van der Waals surface area (Å²) >= 11 is 6.43. The van der Waals surface area contributed by atoms with Crippen LogP contribution in [0.25, 0.3) is 22.3 Å². The Morgan fingerprint density at radius 2 is 1.90 bits per heavy atom. The first-order valence-electron chi connectivity index (χ1n) is 9.81. The van der Waals surface area contributed by atoms with Crippen molar-refractivity contribution in [3.63, 3.8) is 0 Å². The number of pyridine rings is 1. The largest absolute Gasteiger partial charge is 0.399 e. The molecule has 2 aromatic heterocycles. The number of hydrogen-bond acceptors (Lipinski definition) is 5. The van der Waals surface area contributed by atoms with Crippen molar-refractivity contribution in [1.29, 1.82) is 0 Å². The van der Waals surface area contributed by atoms with Crippen LogP contribution >= 0.6 is 11.6 Å². The van der Waals surface area contributed by atoms with Gasteiger partial charge in [0.25, 0.3) is 5.56 Å². The minimum atomic E-state index is -0.0979. The number of hydrogen-bond donors (Lipinski definition) is 2. The van der Waals surface area contributed by atoms with Crippen molar-refractivity contribution in [1.82, 2.24) is 19.9 Å². The van der Waals surface area contributed by atoms with Crippen LogP contribution in [-0.4, -0.2) is 26.4 Å². The maximum atomic E-state index is 12.8. The second-order valence-corrected chi connectivity index (χ2v) is 7.91. The number of aromatic amines is 1. The number of nitrogens with zero attached hydrogens (tertiary/aromatic N) is 3. The Morgan fingerprint density at radius 3 is 2.73 bits per heavy atom. The van der Waals surface area contributed by atoms with E-state index >= 15 is 0 Å². The number of nitrogens with two attached hydrogens (primary N) is 1. The summed E-state index contributed by atoms with van der Waals surface area (Å²) in [4.78, 5) is 27.1. The summed E-state index contributed by atoms with van der Waals surface area (Å²) in [5, 5.41) is 1.56. The Kier molecular flexibility index (Phi) is 4.73. The summed E-state index contributed by atoms with van der Waals surface area (Å²) in [5.74, 6) is 0.578. The zero-order valence-corrected chi connectivity index (χ0v) is 17.0. The maximum Gasteiger partial charge on any atom is 0.255 e. The van der Waals surface area contributed by atoms with Gasteiger partial charge in [0.2, 0.25) is 0 Å². The molecule has 0 unspecified atom stereocenters. The van der Waals surface area contributed by atoms with Crippen molar-refractivity contribution in [3.05, 3.63) is 86.9 Å². The van der Waals surface area contributed by atoms with Crippen LogP contribution in [0.15, 0.2) is 59.4 Å². The minimum Gasteiger partial charge on any atom is -0.399 e. The van der Waals surface area contributed by atoms with Crippen LogP contribution in [-0.2, 0) is 19.5 Å². The van der Waals surface area contributed by atoms with Gasteiger partial charge >= 0.3 is 0 Å². The lowest BCUT2D eigenvalue weighted by Gasteiger charge is -2.28. The Labute approximate surface area is 178 Å². The van der Waals surface area contributed by atoms with E-state index in [9.17, 15) is 4.79 Å². The van der Waals surface area contributed by atoms with Gasteiger partial charge in [-0.05, 0) is 36.4 Å². The molecule has 0 amide bonds. The van der Waals surface area contributed by atoms with E-state index in [0.29, 0.717) is 41.7 Å². The highest BCUT2D eigenvalue weighted by molar-refractivity contribution is 6.30. The predicted octanol–water partition coefficient (Wildman–Crippen LogP) is 3.78. The van der Waals surface area contributed by atoms with E-state index in [1.807, 2.05) is 36.4 Å². The quantitative estimate of drug-likeness (QED) is 0.391. The molecular formula is C23H20ClN5O. The molecule has 3 N–H and O–H groups in total. The van der Waals surface area contributed by atoms with E-state index in [2.05, 4.69) is 20.9 Å². The second-order valence-electron chi connectivity index (χ2n) is 7.55. The van der Waals surface area contributed by atoms with Crippen LogP contribution in [0.5, 0.6) is 0 Å². The summed E-state index contributed by atoms with van der Waals surface area (Å²) in [6, 6.07) is 17.3. The molecule has 0 spiro atoms. The fourth-order valence-corrected chi connectivity index (χ4v) is 4.09. The normalized spacial score (nSPS) is 14.0. The number of nitrogens with one attached hydrogen (secondary N) is 1. The number of aromatic nitrogens is 3. The van der Waals surface area contributed by atoms with Crippen LogP contribution in [0, 0.1) is 0 Å². The number of halogens is 1. The Balaban J connectivity index is 1.41. The molecule has 4 aromatic rings. The number of para-hydroxylation sites is 1. The van der Waals surface area contributed by atoms with Gasteiger partial charge in [-0.25, -0.2) is 9.97 Å². The predicted molar refractivity (Wildman–Crippen MR) is 119 cm³/mol. The highest BCUT2D eigenvalue weighted by Gasteiger charge is 2.22. The van der Waals surface area contributed by atoms with E-state index < -0.39 is 0 Å². The average Bonchev–Trinajstić information content (AvgIpc) is 2.75. The van der Waals surface area contributed by atoms with Crippen molar-refractivity contribution in [2.45, 2.75) is 19.5 Å². The monoisotopic (exact) mass is 417 g/mol. The van der Waals surface area contributed by atoms with Crippen molar-refractivity contribution in [2.75, 3.05) is 12.3 Å². The molecule has 6 nitrogen and oxygen atoms in total. The first-order chi connectivity index (χ1) is 14.6. The molecule has 0 radical (unpaired) electrons. The van der Waals surface area contributed by atoms with Gasteiger partial charge in [-0.15, -0.1) is 0 Å². The molecule has 150 valence electrons. The van der Waals surface area contributed by atoms with Gasteiger partial charge < -0.3 is 10.7 Å². The van der Waals surface area contributed by atoms with Gasteiger partial charge in [-0.2, -0.15) is 0 Å². The van der Waals surface area contributed by atoms with Crippen molar-refractivity contribution in [3.8, 4) is 11.4 Å². The number of rotatable bonds is 3. The molecule has 1 aliphatic heterocycles. The molecule has 2 aromatic carbocycles. The van der Waals surface area contributed by atoms with Crippen molar-refractivity contribution < 1.29 is 0 Å². The van der Waals surface area contributed by atoms with Crippen molar-refractivity contribution >= 4 is 28.2 Å². The molecule has 7 heteroatoms. The third kappa shape index (κ3) is 3.56. The van der Waals surface area contributed by atoms with Crippen molar-refractivity contribution in [2.24, 2.45) is 0 Å². The van der Waals surface area contributed by atoms with E-state index in [1.54, 1.807) is 12.1 Å². The maximum absolute atomic E-state index is 12.8. The standard InChI is InChI=1S/C23H20ClN5O/c24-21-16(11-15-3-1-2-4-19(15)26-21)12-29-10-9-20-18(13-29)23(30)28-22(27-20)14-5-7-17(25)8-6-14/h1-8,11H,9-10,12-13,25H2,(H,27,28,30). The van der Waals surface area contributed by atoms with Crippen LogP contribution in [0.4, 0.5) is 5.69 Å². The van der Waals surface area contributed by atoms with E-state index in [1.165, 1.54) is 0 Å². The van der Waals surface area contributed by atoms with Gasteiger partial charge in [0.1, 0.15) is 11.0 Å². The summed E-state index contributed by atoms with van der Waals surface area (Å²) in [6.07, 6.45) is 0.708. The molecule has 0 saturated carbocycles. The Hall–Kier alpha value is -3.22. The minimum absolute atomic E-state index is 0.0979. The number of benzene rings is 2. The fraction of sp³-hybridized carbons (Fsp3) is 0.174. The van der Waals surface area contributed by atoms with E-state index in [-0.39, 0.29) is 5.56 Å². The summed E-state index contributed by atoms with van der Waals surface area (Å²) < 4.78 is 0. The second kappa shape index (κ2) is 7.55. The topological polar surface area (TPSA) is 87.9 Å². The highest BCUT2D eigenvalue weighted by Crippen LogP contribution is 2.25. The van der Waals surface area contributed by atoms with Crippen LogP contribution < -0.4 is 11.3 Å². The summed E-state index contributed by atoms with van der Waals surface area (Å²) in [6.45, 7) is 1.96. The summed E-state index contributed by atoms with van der Waals surface area (Å²) in [7, 11) is 0. The molecule has 30 heavy (non-hydrogen) atoms. The first-order valence-corrected chi connectivity index (χ1v) is 10.2. The van der Waals surface area contributed by atoms with E-state index in [4.69, 9.17) is 22.3 Å². The van der Waals surface area contributed by atoms with Crippen LogP contribution in [0.2, 0.25) is 5.15 Å². The molecule has 0 bridgehead atoms. The molecule has 0 saturated heterocycles. The fourth-order valence-electron chi connectivity index (χ4n) is 3.88. The number of anilines is 1. The van der Waals surface area contributed by atoms with Crippen LogP contribution in [0.1, 0.15) is 16.8 Å². The average molecular weight is 418 g/mol. The molecule has 5 rings (SSSR count). The summed E-state index contributed by atoms with van der Waals surface area (Å²) in [5.41, 5.74) is 10.6. The van der Waals surface area contributed by atoms with E-state index in [0.717, 1.165) is 34.3 Å². The molecule has 0 aliphatic carbocycles. The molecule has 0 atom stereocenters. The van der Waals surface area contributed by atoms with Gasteiger partial charge in [0.15, 0.2) is 0 Å².